The van der Waals surface area contributed by atoms with Crippen molar-refractivity contribution in [3.63, 3.8) is 0 Å². The summed E-state index contributed by atoms with van der Waals surface area (Å²) in [7, 11) is 1.34. The second-order valence-corrected chi connectivity index (χ2v) is 3.89. The number of ether oxygens (including phenoxy) is 1. The molecule has 0 N–H and O–H groups in total. The van der Waals surface area contributed by atoms with E-state index in [-0.39, 0.29) is 0 Å². The fourth-order valence-corrected chi connectivity index (χ4v) is 1.98. The van der Waals surface area contributed by atoms with Crippen LogP contribution in [0.2, 0.25) is 0 Å². The third-order valence-electron chi connectivity index (χ3n) is 2.50. The van der Waals surface area contributed by atoms with E-state index in [4.69, 9.17) is 11.6 Å². The average molecular weight is 235 g/mol. The number of methoxy groups -OCH3 is 1. The standard InChI is InChI=1S/C13H11ClO2/c1-16-13(15)12(14)11-8-4-6-9-5-2-3-7-10(9)11/h2-8,12H,1H3. The Bertz CT molecular complexity index is 517. The number of esters is 1. The zero-order valence-electron chi connectivity index (χ0n) is 8.81. The van der Waals surface area contributed by atoms with Crippen molar-refractivity contribution in [3.05, 3.63) is 48.0 Å². The van der Waals surface area contributed by atoms with Crippen molar-refractivity contribution in [2.75, 3.05) is 7.11 Å². The maximum absolute atomic E-state index is 11.4. The lowest BCUT2D eigenvalue weighted by molar-refractivity contribution is -0.140. The summed E-state index contributed by atoms with van der Waals surface area (Å²) in [6.07, 6.45) is 0. The van der Waals surface area contributed by atoms with E-state index in [1.54, 1.807) is 0 Å². The van der Waals surface area contributed by atoms with Crippen molar-refractivity contribution >= 4 is 28.3 Å². The van der Waals surface area contributed by atoms with Crippen LogP contribution in [-0.4, -0.2) is 13.1 Å². The van der Waals surface area contributed by atoms with Gasteiger partial charge in [-0.15, -0.1) is 11.6 Å². The van der Waals surface area contributed by atoms with E-state index in [1.807, 2.05) is 42.5 Å². The molecule has 0 aliphatic heterocycles. The van der Waals surface area contributed by atoms with Gasteiger partial charge in [-0.1, -0.05) is 42.5 Å². The van der Waals surface area contributed by atoms with Crippen molar-refractivity contribution in [3.8, 4) is 0 Å². The highest BCUT2D eigenvalue weighted by molar-refractivity contribution is 6.30. The lowest BCUT2D eigenvalue weighted by Crippen LogP contribution is -2.08. The van der Waals surface area contributed by atoms with Gasteiger partial charge in [-0.25, -0.2) is 0 Å². The van der Waals surface area contributed by atoms with Crippen LogP contribution in [-0.2, 0) is 9.53 Å². The molecular weight excluding hydrogens is 224 g/mol. The molecular formula is C13H11ClO2. The Morgan fingerprint density at radius 3 is 2.62 bits per heavy atom. The van der Waals surface area contributed by atoms with Crippen LogP contribution < -0.4 is 0 Å². The van der Waals surface area contributed by atoms with Gasteiger partial charge in [0, 0.05) is 0 Å². The Hall–Kier alpha value is -1.54. The van der Waals surface area contributed by atoms with Crippen LogP contribution in [0, 0.1) is 0 Å². The zero-order chi connectivity index (χ0) is 11.5. The quantitative estimate of drug-likeness (QED) is 0.589. The predicted octanol–water partition coefficient (Wildman–Crippen LogP) is 3.29. The number of hydrogen-bond donors (Lipinski definition) is 0. The van der Waals surface area contributed by atoms with E-state index in [2.05, 4.69) is 4.74 Å². The number of carbonyl (C=O) groups is 1. The van der Waals surface area contributed by atoms with Crippen molar-refractivity contribution < 1.29 is 9.53 Å². The number of alkyl halides is 1. The molecule has 2 aromatic carbocycles. The number of carbonyl (C=O) groups excluding carboxylic acids is 1. The highest BCUT2D eigenvalue weighted by Crippen LogP contribution is 2.29. The molecule has 2 rings (SSSR count). The van der Waals surface area contributed by atoms with Crippen LogP contribution in [0.3, 0.4) is 0 Å². The SMILES string of the molecule is COC(=O)C(Cl)c1cccc2ccccc12. The smallest absolute Gasteiger partial charge is 0.328 e. The first-order valence-electron chi connectivity index (χ1n) is 4.93. The van der Waals surface area contributed by atoms with Gasteiger partial charge in [-0.2, -0.15) is 0 Å². The first kappa shape index (κ1) is 11.0. The average Bonchev–Trinajstić information content (AvgIpc) is 2.36. The fraction of sp³-hybridized carbons (Fsp3) is 0.154. The van der Waals surface area contributed by atoms with Crippen LogP contribution in [0.25, 0.3) is 10.8 Å². The Kier molecular flexibility index (Phi) is 3.11. The molecule has 16 heavy (non-hydrogen) atoms. The van der Waals surface area contributed by atoms with Gasteiger partial charge in [-0.05, 0) is 16.3 Å². The molecule has 3 heteroatoms. The molecule has 2 nitrogen and oxygen atoms in total. The summed E-state index contributed by atoms with van der Waals surface area (Å²) in [6, 6.07) is 13.5. The topological polar surface area (TPSA) is 26.3 Å². The minimum atomic E-state index is -0.754. The van der Waals surface area contributed by atoms with E-state index >= 15 is 0 Å². The van der Waals surface area contributed by atoms with Crippen LogP contribution in [0.5, 0.6) is 0 Å². The van der Waals surface area contributed by atoms with Gasteiger partial charge < -0.3 is 4.74 Å². The second kappa shape index (κ2) is 4.54. The van der Waals surface area contributed by atoms with Crippen LogP contribution in [0.4, 0.5) is 0 Å². The first-order valence-corrected chi connectivity index (χ1v) is 5.37. The fourth-order valence-electron chi connectivity index (χ4n) is 1.70. The Morgan fingerprint density at radius 1 is 1.19 bits per heavy atom. The molecule has 0 heterocycles. The summed E-state index contributed by atoms with van der Waals surface area (Å²) < 4.78 is 4.64. The maximum atomic E-state index is 11.4. The van der Waals surface area contributed by atoms with Crippen LogP contribution in [0.1, 0.15) is 10.9 Å². The number of benzene rings is 2. The molecule has 0 fully saturated rings. The summed E-state index contributed by atoms with van der Waals surface area (Å²) in [4.78, 5) is 11.4. The van der Waals surface area contributed by atoms with E-state index in [0.717, 1.165) is 16.3 Å². The van der Waals surface area contributed by atoms with Gasteiger partial charge in [0.15, 0.2) is 5.38 Å². The largest absolute Gasteiger partial charge is 0.468 e. The van der Waals surface area contributed by atoms with Crippen molar-refractivity contribution in [1.29, 1.82) is 0 Å². The normalized spacial score (nSPS) is 12.4. The van der Waals surface area contributed by atoms with E-state index in [9.17, 15) is 4.79 Å². The number of halogens is 1. The Labute approximate surface area is 98.8 Å². The van der Waals surface area contributed by atoms with Crippen molar-refractivity contribution in [2.24, 2.45) is 0 Å². The van der Waals surface area contributed by atoms with Crippen molar-refractivity contribution in [1.82, 2.24) is 0 Å². The lowest BCUT2D eigenvalue weighted by atomic mass is 10.0. The lowest BCUT2D eigenvalue weighted by Gasteiger charge is -2.10. The monoisotopic (exact) mass is 234 g/mol. The number of rotatable bonds is 2. The molecule has 0 saturated heterocycles. The first-order chi connectivity index (χ1) is 7.74. The molecule has 1 atom stereocenters. The van der Waals surface area contributed by atoms with E-state index in [0.29, 0.717) is 0 Å². The molecule has 0 amide bonds. The molecule has 0 radical (unpaired) electrons. The molecule has 0 spiro atoms. The predicted molar refractivity (Wildman–Crippen MR) is 64.6 cm³/mol. The molecule has 0 aliphatic rings. The third-order valence-corrected chi connectivity index (χ3v) is 2.92. The van der Waals surface area contributed by atoms with Gasteiger partial charge in [0.25, 0.3) is 0 Å². The summed E-state index contributed by atoms with van der Waals surface area (Å²) >= 11 is 6.06. The molecule has 2 aromatic rings. The second-order valence-electron chi connectivity index (χ2n) is 3.45. The van der Waals surface area contributed by atoms with Gasteiger partial charge >= 0.3 is 5.97 Å². The minimum Gasteiger partial charge on any atom is -0.468 e. The molecule has 1 unspecified atom stereocenters. The molecule has 82 valence electrons. The molecule has 0 aromatic heterocycles. The Morgan fingerprint density at radius 2 is 1.88 bits per heavy atom. The molecule has 0 saturated carbocycles. The van der Waals surface area contributed by atoms with Gasteiger partial charge in [-0.3, -0.25) is 4.79 Å². The highest BCUT2D eigenvalue weighted by Gasteiger charge is 2.19. The summed E-state index contributed by atoms with van der Waals surface area (Å²) in [5.41, 5.74) is 0.784. The maximum Gasteiger partial charge on any atom is 0.328 e. The molecule has 0 bridgehead atoms. The van der Waals surface area contributed by atoms with Gasteiger partial charge in [0.1, 0.15) is 0 Å². The number of hydrogen-bond acceptors (Lipinski definition) is 2. The van der Waals surface area contributed by atoms with E-state index in [1.165, 1.54) is 7.11 Å². The van der Waals surface area contributed by atoms with Crippen LogP contribution in [0.15, 0.2) is 42.5 Å². The summed E-state index contributed by atoms with van der Waals surface area (Å²) in [6.45, 7) is 0. The summed E-state index contributed by atoms with van der Waals surface area (Å²) in [5, 5.41) is 1.29. The zero-order valence-corrected chi connectivity index (χ0v) is 9.57. The van der Waals surface area contributed by atoms with Crippen LogP contribution >= 0.6 is 11.6 Å². The highest BCUT2D eigenvalue weighted by atomic mass is 35.5. The van der Waals surface area contributed by atoms with Crippen molar-refractivity contribution in [2.45, 2.75) is 5.38 Å². The Balaban J connectivity index is 2.56. The minimum absolute atomic E-state index is 0.432. The molecule has 0 aliphatic carbocycles. The number of fused-ring (bicyclic) bond motifs is 1. The third kappa shape index (κ3) is 1.89. The van der Waals surface area contributed by atoms with Gasteiger partial charge in [0.05, 0.1) is 7.11 Å². The van der Waals surface area contributed by atoms with Gasteiger partial charge in [0.2, 0.25) is 0 Å². The van der Waals surface area contributed by atoms with E-state index < -0.39 is 11.3 Å². The summed E-state index contributed by atoms with van der Waals surface area (Å²) in [5.74, 6) is -0.432.